The molecule has 2 nitrogen and oxygen atoms in total. The lowest BCUT2D eigenvalue weighted by atomic mass is 10.1. The van der Waals surface area contributed by atoms with Crippen LogP contribution in [0.25, 0.3) is 0 Å². The average molecular weight is 229 g/mol. The molecule has 0 fully saturated rings. The molecule has 0 aliphatic rings. The lowest BCUT2D eigenvalue weighted by Gasteiger charge is -2.05. The summed E-state index contributed by atoms with van der Waals surface area (Å²) in [5, 5.41) is 0. The first-order valence-electron chi connectivity index (χ1n) is 6.11. The number of hydrogen-bond donors (Lipinski definition) is 0. The van der Waals surface area contributed by atoms with E-state index in [-0.39, 0.29) is 5.97 Å². The summed E-state index contributed by atoms with van der Waals surface area (Å²) in [4.78, 5) is 11.2. The third-order valence-electron chi connectivity index (χ3n) is 2.26. The molecular weight excluding hydrogens is 204 g/mol. The SMILES string of the molecule is CCCCCCCCOC(=O)C[Si](C)C. The van der Waals surface area contributed by atoms with E-state index in [1.807, 2.05) is 0 Å². The van der Waals surface area contributed by atoms with Gasteiger partial charge in [-0.3, -0.25) is 4.79 Å². The number of hydrogen-bond acceptors (Lipinski definition) is 2. The fourth-order valence-corrected chi connectivity index (χ4v) is 2.09. The second-order valence-electron chi connectivity index (χ2n) is 4.37. The monoisotopic (exact) mass is 229 g/mol. The van der Waals surface area contributed by atoms with Crippen molar-refractivity contribution >= 4 is 14.8 Å². The van der Waals surface area contributed by atoms with E-state index in [0.717, 1.165) is 6.42 Å². The molecule has 0 spiro atoms. The molecule has 0 atom stereocenters. The van der Waals surface area contributed by atoms with Crippen molar-refractivity contribution in [3.8, 4) is 0 Å². The highest BCUT2D eigenvalue weighted by Gasteiger charge is 2.06. The van der Waals surface area contributed by atoms with Crippen LogP contribution in [0.15, 0.2) is 0 Å². The lowest BCUT2D eigenvalue weighted by Crippen LogP contribution is -2.12. The van der Waals surface area contributed by atoms with E-state index in [4.69, 9.17) is 4.74 Å². The van der Waals surface area contributed by atoms with Gasteiger partial charge in [0.1, 0.15) is 0 Å². The summed E-state index contributed by atoms with van der Waals surface area (Å²) in [6, 6.07) is 0.653. The molecule has 3 heteroatoms. The van der Waals surface area contributed by atoms with Gasteiger partial charge in [-0.15, -0.1) is 0 Å². The van der Waals surface area contributed by atoms with Gasteiger partial charge in [0.15, 0.2) is 0 Å². The van der Waals surface area contributed by atoms with Crippen molar-refractivity contribution in [1.82, 2.24) is 0 Å². The summed E-state index contributed by atoms with van der Waals surface area (Å²) < 4.78 is 5.15. The molecule has 89 valence electrons. The van der Waals surface area contributed by atoms with E-state index in [2.05, 4.69) is 20.0 Å². The molecule has 0 saturated heterocycles. The molecule has 0 aromatic heterocycles. The Balaban J connectivity index is 3.13. The van der Waals surface area contributed by atoms with Crippen molar-refractivity contribution in [3.63, 3.8) is 0 Å². The first-order valence-corrected chi connectivity index (χ1v) is 8.82. The maximum atomic E-state index is 11.2. The number of carbonyl (C=O) groups is 1. The van der Waals surface area contributed by atoms with Crippen LogP contribution in [0.5, 0.6) is 0 Å². The van der Waals surface area contributed by atoms with Gasteiger partial charge in [0.05, 0.1) is 15.4 Å². The molecule has 0 aliphatic heterocycles. The Labute approximate surface area is 96.0 Å². The topological polar surface area (TPSA) is 26.3 Å². The second kappa shape index (κ2) is 10.2. The number of unbranched alkanes of at least 4 members (excludes halogenated alkanes) is 5. The van der Waals surface area contributed by atoms with Gasteiger partial charge in [0, 0.05) is 6.04 Å². The molecule has 0 unspecified atom stereocenters. The van der Waals surface area contributed by atoms with Crippen molar-refractivity contribution in [2.24, 2.45) is 0 Å². The van der Waals surface area contributed by atoms with E-state index in [0.29, 0.717) is 12.7 Å². The van der Waals surface area contributed by atoms with Crippen LogP contribution in [0.1, 0.15) is 45.4 Å². The van der Waals surface area contributed by atoms with E-state index >= 15 is 0 Å². The number of esters is 1. The molecule has 0 saturated carbocycles. The molecule has 0 heterocycles. The molecule has 0 amide bonds. The van der Waals surface area contributed by atoms with Gasteiger partial charge in [-0.2, -0.15) is 0 Å². The molecule has 0 aromatic carbocycles. The van der Waals surface area contributed by atoms with Crippen LogP contribution in [0.2, 0.25) is 19.1 Å². The van der Waals surface area contributed by atoms with Crippen LogP contribution in [0, 0.1) is 0 Å². The van der Waals surface area contributed by atoms with Gasteiger partial charge < -0.3 is 4.74 Å². The average Bonchev–Trinajstić information content (AvgIpc) is 2.15. The van der Waals surface area contributed by atoms with E-state index in [1.54, 1.807) is 0 Å². The Morgan fingerprint density at radius 2 is 1.67 bits per heavy atom. The maximum absolute atomic E-state index is 11.2. The van der Waals surface area contributed by atoms with Crippen LogP contribution in [0.4, 0.5) is 0 Å². The van der Waals surface area contributed by atoms with E-state index in [1.165, 1.54) is 32.1 Å². The smallest absolute Gasteiger partial charge is 0.302 e. The Kier molecular flexibility index (Phi) is 10.00. The Morgan fingerprint density at radius 3 is 2.27 bits per heavy atom. The molecular formula is C12H25O2Si. The third-order valence-corrected chi connectivity index (χ3v) is 3.25. The van der Waals surface area contributed by atoms with Crippen molar-refractivity contribution in [2.75, 3.05) is 6.61 Å². The third kappa shape index (κ3) is 11.6. The zero-order valence-electron chi connectivity index (χ0n) is 10.5. The fraction of sp³-hybridized carbons (Fsp3) is 0.917. The molecule has 0 bridgehead atoms. The molecule has 1 radical (unpaired) electrons. The van der Waals surface area contributed by atoms with Crippen LogP contribution < -0.4 is 0 Å². The standard InChI is InChI=1S/C12H25O2Si/c1-4-5-6-7-8-9-10-14-12(13)11-15(2)3/h4-11H2,1-3H3. The van der Waals surface area contributed by atoms with Crippen molar-refractivity contribution < 1.29 is 9.53 Å². The fourth-order valence-electron chi connectivity index (χ4n) is 1.41. The summed E-state index contributed by atoms with van der Waals surface area (Å²) in [6.07, 6.45) is 7.45. The summed E-state index contributed by atoms with van der Waals surface area (Å²) in [7, 11) is -0.462. The second-order valence-corrected chi connectivity index (χ2v) is 7.14. The van der Waals surface area contributed by atoms with Gasteiger partial charge in [-0.1, -0.05) is 52.1 Å². The van der Waals surface area contributed by atoms with Gasteiger partial charge in [0.25, 0.3) is 0 Å². The molecule has 0 aromatic rings. The summed E-state index contributed by atoms with van der Waals surface area (Å²) in [5.74, 6) is 0.00227. The highest BCUT2D eigenvalue weighted by atomic mass is 28.3. The Hall–Kier alpha value is -0.313. The van der Waals surface area contributed by atoms with Crippen molar-refractivity contribution in [1.29, 1.82) is 0 Å². The van der Waals surface area contributed by atoms with E-state index < -0.39 is 8.80 Å². The largest absolute Gasteiger partial charge is 0.466 e. The molecule has 15 heavy (non-hydrogen) atoms. The zero-order valence-corrected chi connectivity index (χ0v) is 11.5. The minimum Gasteiger partial charge on any atom is -0.466 e. The van der Waals surface area contributed by atoms with Crippen LogP contribution >= 0.6 is 0 Å². The zero-order chi connectivity index (χ0) is 11.5. The van der Waals surface area contributed by atoms with Crippen LogP contribution in [-0.4, -0.2) is 21.4 Å². The number of rotatable bonds is 9. The van der Waals surface area contributed by atoms with Crippen molar-refractivity contribution in [3.05, 3.63) is 0 Å². The minimum absolute atomic E-state index is 0.00227. The first kappa shape index (κ1) is 14.7. The van der Waals surface area contributed by atoms with Gasteiger partial charge in [0.2, 0.25) is 0 Å². The van der Waals surface area contributed by atoms with E-state index in [9.17, 15) is 4.79 Å². The maximum Gasteiger partial charge on any atom is 0.302 e. The number of carbonyl (C=O) groups excluding carboxylic acids is 1. The lowest BCUT2D eigenvalue weighted by molar-refractivity contribution is -0.141. The van der Waals surface area contributed by atoms with Crippen LogP contribution in [-0.2, 0) is 9.53 Å². The van der Waals surface area contributed by atoms with Crippen molar-refractivity contribution in [2.45, 2.75) is 64.6 Å². The van der Waals surface area contributed by atoms with Gasteiger partial charge in [-0.05, 0) is 6.42 Å². The minimum atomic E-state index is -0.462. The Morgan fingerprint density at radius 1 is 1.07 bits per heavy atom. The van der Waals surface area contributed by atoms with Gasteiger partial charge in [-0.25, -0.2) is 0 Å². The number of ether oxygens (including phenoxy) is 1. The molecule has 0 aliphatic carbocycles. The normalized spacial score (nSPS) is 10.7. The molecule has 0 rings (SSSR count). The highest BCUT2D eigenvalue weighted by Crippen LogP contribution is 2.05. The van der Waals surface area contributed by atoms with Crippen LogP contribution in [0.3, 0.4) is 0 Å². The summed E-state index contributed by atoms with van der Waals surface area (Å²) >= 11 is 0. The first-order chi connectivity index (χ1) is 7.16. The van der Waals surface area contributed by atoms with Gasteiger partial charge >= 0.3 is 5.97 Å². The quantitative estimate of drug-likeness (QED) is 0.343. The summed E-state index contributed by atoms with van der Waals surface area (Å²) in [6.45, 7) is 7.12. The molecule has 0 N–H and O–H groups in total. The predicted octanol–water partition coefficient (Wildman–Crippen LogP) is 3.64. The highest BCUT2D eigenvalue weighted by molar-refractivity contribution is 6.59. The summed E-state index contributed by atoms with van der Waals surface area (Å²) in [5.41, 5.74) is 0. The predicted molar refractivity (Wildman–Crippen MR) is 66.6 cm³/mol. The Bertz CT molecular complexity index is 158.